The lowest BCUT2D eigenvalue weighted by molar-refractivity contribution is -0.122. The zero-order valence-electron chi connectivity index (χ0n) is 24.7. The second kappa shape index (κ2) is 14.7. The number of hydrogen-bond donors (Lipinski definition) is 2. The summed E-state index contributed by atoms with van der Waals surface area (Å²) < 4.78 is 23.2. The number of carbonyl (C=O) groups is 4. The Morgan fingerprint density at radius 2 is 1.77 bits per heavy atom. The molecule has 44 heavy (non-hydrogen) atoms. The molecule has 3 aromatic carbocycles. The van der Waals surface area contributed by atoms with E-state index in [4.69, 9.17) is 18.9 Å². The van der Waals surface area contributed by atoms with E-state index < -0.39 is 17.8 Å². The quantitative estimate of drug-likeness (QED) is 0.143. The lowest BCUT2D eigenvalue weighted by atomic mass is 10.1. The highest BCUT2D eigenvalue weighted by Crippen LogP contribution is 2.36. The molecule has 12 heteroatoms. The first-order valence-electron chi connectivity index (χ1n) is 13.8. The SMILES string of the molecule is CCCOc1ccc(N2C(=O)NC(=O)/C(=C/c3cc(I)c(OCC(=O)Nc4cccc(C)c4)c(OCC)c3)C2=O)cc1OC. The van der Waals surface area contributed by atoms with Crippen molar-refractivity contribution in [3.8, 4) is 23.0 Å². The largest absolute Gasteiger partial charge is 0.493 e. The average Bonchev–Trinajstić information content (AvgIpc) is 2.98. The van der Waals surface area contributed by atoms with E-state index in [0.717, 1.165) is 16.9 Å². The van der Waals surface area contributed by atoms with Gasteiger partial charge in [-0.05, 0) is 96.5 Å². The summed E-state index contributed by atoms with van der Waals surface area (Å²) in [6.07, 6.45) is 2.15. The van der Waals surface area contributed by atoms with Crippen molar-refractivity contribution in [3.05, 3.63) is 74.9 Å². The van der Waals surface area contributed by atoms with Crippen LogP contribution in [0.15, 0.2) is 60.2 Å². The van der Waals surface area contributed by atoms with Crippen molar-refractivity contribution in [2.24, 2.45) is 0 Å². The first-order chi connectivity index (χ1) is 21.1. The molecule has 0 aromatic heterocycles. The van der Waals surface area contributed by atoms with Gasteiger partial charge in [-0.15, -0.1) is 0 Å². The third kappa shape index (κ3) is 7.67. The molecule has 0 atom stereocenters. The van der Waals surface area contributed by atoms with Crippen LogP contribution in [0.4, 0.5) is 16.2 Å². The number of nitrogens with zero attached hydrogens (tertiary/aromatic N) is 1. The Labute approximate surface area is 268 Å². The predicted octanol–water partition coefficient (Wildman–Crippen LogP) is 5.48. The van der Waals surface area contributed by atoms with Gasteiger partial charge in [0.25, 0.3) is 17.7 Å². The zero-order chi connectivity index (χ0) is 31.8. The van der Waals surface area contributed by atoms with Crippen LogP contribution in [-0.4, -0.2) is 50.7 Å². The van der Waals surface area contributed by atoms with Crippen molar-refractivity contribution in [3.63, 3.8) is 0 Å². The van der Waals surface area contributed by atoms with Crippen molar-refractivity contribution in [2.75, 3.05) is 37.1 Å². The van der Waals surface area contributed by atoms with Crippen LogP contribution in [0.2, 0.25) is 0 Å². The van der Waals surface area contributed by atoms with Crippen LogP contribution in [0, 0.1) is 10.5 Å². The zero-order valence-corrected chi connectivity index (χ0v) is 26.9. The Balaban J connectivity index is 1.59. The van der Waals surface area contributed by atoms with Gasteiger partial charge in [-0.2, -0.15) is 0 Å². The summed E-state index contributed by atoms with van der Waals surface area (Å²) in [6, 6.07) is 14.4. The van der Waals surface area contributed by atoms with E-state index in [0.29, 0.717) is 51.0 Å². The number of hydrogen-bond acceptors (Lipinski definition) is 8. The highest BCUT2D eigenvalue weighted by molar-refractivity contribution is 14.1. The van der Waals surface area contributed by atoms with Gasteiger partial charge in [-0.1, -0.05) is 19.1 Å². The molecule has 4 rings (SSSR count). The molecule has 1 aliphatic heterocycles. The highest BCUT2D eigenvalue weighted by Gasteiger charge is 2.37. The molecule has 2 N–H and O–H groups in total. The van der Waals surface area contributed by atoms with Gasteiger partial charge in [0.1, 0.15) is 5.57 Å². The van der Waals surface area contributed by atoms with Crippen molar-refractivity contribution in [2.45, 2.75) is 27.2 Å². The first kappa shape index (κ1) is 32.3. The Bertz CT molecular complexity index is 1620. The number of nitrogens with one attached hydrogen (secondary N) is 2. The maximum absolute atomic E-state index is 13.5. The Hall–Kier alpha value is -4.59. The second-order valence-corrected chi connectivity index (χ2v) is 10.8. The topological polar surface area (TPSA) is 132 Å². The molecule has 1 fully saturated rings. The number of urea groups is 1. The molecule has 0 radical (unpaired) electrons. The van der Waals surface area contributed by atoms with Crippen LogP contribution in [0.1, 0.15) is 31.4 Å². The van der Waals surface area contributed by atoms with Crippen molar-refractivity contribution >= 4 is 63.8 Å². The van der Waals surface area contributed by atoms with E-state index >= 15 is 0 Å². The Morgan fingerprint density at radius 1 is 0.977 bits per heavy atom. The van der Waals surface area contributed by atoms with E-state index in [-0.39, 0.29) is 23.8 Å². The smallest absolute Gasteiger partial charge is 0.335 e. The molecular weight excluding hydrogens is 681 g/mol. The van der Waals surface area contributed by atoms with Crippen LogP contribution >= 0.6 is 22.6 Å². The fraction of sp³-hybridized carbons (Fsp3) is 0.250. The molecule has 0 spiro atoms. The van der Waals surface area contributed by atoms with Gasteiger partial charge in [0.05, 0.1) is 29.6 Å². The lowest BCUT2D eigenvalue weighted by Gasteiger charge is -2.27. The Kier molecular flexibility index (Phi) is 10.8. The molecule has 0 bridgehead atoms. The van der Waals surface area contributed by atoms with Gasteiger partial charge in [0.15, 0.2) is 29.6 Å². The third-order valence-corrected chi connectivity index (χ3v) is 7.06. The second-order valence-electron chi connectivity index (χ2n) is 9.61. The van der Waals surface area contributed by atoms with Crippen molar-refractivity contribution in [1.29, 1.82) is 0 Å². The number of amides is 5. The van der Waals surface area contributed by atoms with Gasteiger partial charge < -0.3 is 24.3 Å². The van der Waals surface area contributed by atoms with Gasteiger partial charge in [-0.25, -0.2) is 9.69 Å². The fourth-order valence-corrected chi connectivity index (χ4v) is 5.10. The number of barbiturate groups is 1. The minimum Gasteiger partial charge on any atom is -0.493 e. The normalized spacial score (nSPS) is 13.9. The van der Waals surface area contributed by atoms with E-state index in [1.807, 2.05) is 54.6 Å². The number of rotatable bonds is 12. The number of ether oxygens (including phenoxy) is 4. The molecule has 3 aromatic rings. The van der Waals surface area contributed by atoms with E-state index in [1.165, 1.54) is 25.3 Å². The monoisotopic (exact) mass is 713 g/mol. The molecule has 5 amide bonds. The predicted molar refractivity (Wildman–Crippen MR) is 173 cm³/mol. The van der Waals surface area contributed by atoms with Crippen LogP contribution in [0.3, 0.4) is 0 Å². The Morgan fingerprint density at radius 3 is 2.48 bits per heavy atom. The molecule has 1 saturated heterocycles. The van der Waals surface area contributed by atoms with Gasteiger partial charge in [0.2, 0.25) is 0 Å². The average molecular weight is 714 g/mol. The molecule has 11 nitrogen and oxygen atoms in total. The fourth-order valence-electron chi connectivity index (χ4n) is 4.32. The lowest BCUT2D eigenvalue weighted by Crippen LogP contribution is -2.54. The number of aryl methyl sites for hydroxylation is 1. The highest BCUT2D eigenvalue weighted by atomic mass is 127. The van der Waals surface area contributed by atoms with E-state index in [1.54, 1.807) is 31.2 Å². The summed E-state index contributed by atoms with van der Waals surface area (Å²) in [5, 5.41) is 5.02. The number of carbonyl (C=O) groups excluding carboxylic acids is 4. The third-order valence-electron chi connectivity index (χ3n) is 6.26. The summed E-state index contributed by atoms with van der Waals surface area (Å²) in [7, 11) is 1.45. The molecule has 230 valence electrons. The minimum atomic E-state index is -0.890. The summed E-state index contributed by atoms with van der Waals surface area (Å²) in [4.78, 5) is 52.5. The van der Waals surface area contributed by atoms with Crippen LogP contribution < -0.4 is 34.5 Å². The van der Waals surface area contributed by atoms with Crippen LogP contribution in [0.5, 0.6) is 23.0 Å². The standard InChI is InChI=1S/C32H32IN3O8/c1-5-12-43-25-11-10-22(17-26(25)41-4)36-31(39)23(30(38)35-32(36)40)14-20-15-24(33)29(27(16-20)42-6-2)44-18-28(37)34-21-9-7-8-19(3)13-21/h7-11,13-17H,5-6,12,18H2,1-4H3,(H,34,37)(H,35,38,40)/b23-14-. The summed E-state index contributed by atoms with van der Waals surface area (Å²) >= 11 is 2.03. The summed E-state index contributed by atoms with van der Waals surface area (Å²) in [5.74, 6) is -0.561. The molecular formula is C32H32IN3O8. The van der Waals surface area contributed by atoms with Crippen LogP contribution in [-0.2, 0) is 14.4 Å². The molecule has 1 heterocycles. The summed E-state index contributed by atoms with van der Waals surface area (Å²) in [6.45, 7) is 6.18. The van der Waals surface area contributed by atoms with Gasteiger partial charge >= 0.3 is 6.03 Å². The van der Waals surface area contributed by atoms with Crippen molar-refractivity contribution in [1.82, 2.24) is 5.32 Å². The van der Waals surface area contributed by atoms with Gasteiger partial charge in [0, 0.05) is 11.8 Å². The summed E-state index contributed by atoms with van der Waals surface area (Å²) in [5.41, 5.74) is 2.04. The first-order valence-corrected chi connectivity index (χ1v) is 14.9. The van der Waals surface area contributed by atoms with Crippen molar-refractivity contribution < 1.29 is 38.1 Å². The molecule has 0 unspecified atom stereocenters. The van der Waals surface area contributed by atoms with E-state index in [2.05, 4.69) is 10.6 Å². The number of anilines is 2. The minimum absolute atomic E-state index is 0.198. The maximum atomic E-state index is 13.5. The van der Waals surface area contributed by atoms with Gasteiger partial charge in [-0.3, -0.25) is 19.7 Å². The molecule has 0 saturated carbocycles. The number of imide groups is 2. The number of halogens is 1. The maximum Gasteiger partial charge on any atom is 0.335 e. The molecule has 1 aliphatic rings. The number of benzene rings is 3. The number of methoxy groups -OCH3 is 1. The van der Waals surface area contributed by atoms with Crippen LogP contribution in [0.25, 0.3) is 6.08 Å². The van der Waals surface area contributed by atoms with E-state index in [9.17, 15) is 19.2 Å². The molecule has 0 aliphatic carbocycles.